The quantitative estimate of drug-likeness (QED) is 0.666. The first-order valence-corrected chi connectivity index (χ1v) is 10.6. The Kier molecular flexibility index (Phi) is 11.7. The average molecular weight is 404 g/mol. The van der Waals surface area contributed by atoms with E-state index in [1.165, 1.54) is 23.9 Å². The minimum Gasteiger partial charge on any atom is -0.471 e. The number of carbonyl (C=O) groups is 1. The molecule has 2 aromatic rings. The van der Waals surface area contributed by atoms with Crippen molar-refractivity contribution in [3.05, 3.63) is 35.5 Å². The predicted molar refractivity (Wildman–Crippen MR) is 120 cm³/mol. The van der Waals surface area contributed by atoms with Crippen LogP contribution >= 0.6 is 0 Å². The Balaban J connectivity index is 0.000000627. The van der Waals surface area contributed by atoms with Gasteiger partial charge in [0.25, 0.3) is 6.47 Å². The van der Waals surface area contributed by atoms with Gasteiger partial charge < -0.3 is 18.9 Å². The van der Waals surface area contributed by atoms with Crippen LogP contribution in [-0.2, 0) is 27.2 Å². The molecule has 3 rings (SSSR count). The van der Waals surface area contributed by atoms with E-state index in [0.29, 0.717) is 6.47 Å². The van der Waals surface area contributed by atoms with Crippen LogP contribution in [0.5, 0.6) is 0 Å². The predicted octanol–water partition coefficient (Wildman–Crippen LogP) is 4.48. The van der Waals surface area contributed by atoms with Gasteiger partial charge in [-0.15, -0.1) is 0 Å². The van der Waals surface area contributed by atoms with E-state index in [1.54, 1.807) is 0 Å². The highest BCUT2D eigenvalue weighted by atomic mass is 16.5. The molecule has 29 heavy (non-hydrogen) atoms. The molecule has 0 unspecified atom stereocenters. The number of aryl methyl sites for hydroxylation is 1. The summed E-state index contributed by atoms with van der Waals surface area (Å²) in [4.78, 5) is 16.4. The van der Waals surface area contributed by atoms with E-state index in [-0.39, 0.29) is 0 Å². The second-order valence-electron chi connectivity index (χ2n) is 6.51. The van der Waals surface area contributed by atoms with Crippen molar-refractivity contribution in [1.29, 1.82) is 0 Å². The Morgan fingerprint density at radius 1 is 1.14 bits per heavy atom. The standard InChI is InChI=1S/C19H27N3O.C2H4O2.C2H6/c1-4-10-22-17(5-2)18(16-8-6-15(3)7-9-16)20-19(22)21-11-13-23-14-12-21;1-4-2-3;1-2/h6-9H,4-5,10-14H2,1-3H3;2H,1H3;1-2H3. The van der Waals surface area contributed by atoms with Crippen LogP contribution in [0.25, 0.3) is 11.3 Å². The molecule has 0 atom stereocenters. The first kappa shape index (κ1) is 24.7. The number of rotatable bonds is 6. The van der Waals surface area contributed by atoms with Crippen LogP contribution in [0.1, 0.15) is 45.4 Å². The fourth-order valence-corrected chi connectivity index (χ4v) is 3.24. The molecule has 1 fully saturated rings. The van der Waals surface area contributed by atoms with E-state index in [4.69, 9.17) is 14.5 Å². The van der Waals surface area contributed by atoms with Crippen LogP contribution in [0.4, 0.5) is 5.95 Å². The van der Waals surface area contributed by atoms with Crippen LogP contribution in [0.2, 0.25) is 0 Å². The summed E-state index contributed by atoms with van der Waals surface area (Å²) in [5, 5.41) is 0. The van der Waals surface area contributed by atoms with Gasteiger partial charge in [0.1, 0.15) is 0 Å². The largest absolute Gasteiger partial charge is 0.471 e. The lowest BCUT2D eigenvalue weighted by molar-refractivity contribution is -0.126. The second-order valence-corrected chi connectivity index (χ2v) is 6.51. The highest BCUT2D eigenvalue weighted by Crippen LogP contribution is 2.30. The van der Waals surface area contributed by atoms with Gasteiger partial charge in [0.05, 0.1) is 26.0 Å². The molecule has 0 aliphatic carbocycles. The molecule has 1 aromatic carbocycles. The van der Waals surface area contributed by atoms with Crippen molar-refractivity contribution < 1.29 is 14.3 Å². The van der Waals surface area contributed by atoms with Gasteiger partial charge in [-0.05, 0) is 19.8 Å². The highest BCUT2D eigenvalue weighted by Gasteiger charge is 2.22. The van der Waals surface area contributed by atoms with E-state index < -0.39 is 0 Å². The maximum absolute atomic E-state index is 8.95. The van der Waals surface area contributed by atoms with Crippen molar-refractivity contribution in [2.75, 3.05) is 38.3 Å². The normalized spacial score (nSPS) is 13.0. The summed E-state index contributed by atoms with van der Waals surface area (Å²) in [5.74, 6) is 1.11. The molecule has 0 radical (unpaired) electrons. The van der Waals surface area contributed by atoms with Crippen LogP contribution < -0.4 is 4.90 Å². The third kappa shape index (κ3) is 6.89. The molecule has 6 heteroatoms. The molecule has 162 valence electrons. The molecule has 0 bridgehead atoms. The summed E-state index contributed by atoms with van der Waals surface area (Å²) >= 11 is 0. The number of nitrogens with zero attached hydrogens (tertiary/aromatic N) is 3. The maximum Gasteiger partial charge on any atom is 0.292 e. The van der Waals surface area contributed by atoms with Gasteiger partial charge in [0.2, 0.25) is 5.95 Å². The Labute approximate surface area is 175 Å². The minimum atomic E-state index is 0.375. The van der Waals surface area contributed by atoms with Crippen molar-refractivity contribution in [3.8, 4) is 11.3 Å². The summed E-state index contributed by atoms with van der Waals surface area (Å²) in [6.07, 6.45) is 2.12. The molecule has 1 aromatic heterocycles. The number of aromatic nitrogens is 2. The van der Waals surface area contributed by atoms with Gasteiger partial charge in [-0.3, -0.25) is 4.79 Å². The number of anilines is 1. The summed E-state index contributed by atoms with van der Waals surface area (Å²) in [6.45, 7) is 15.4. The average Bonchev–Trinajstić information content (AvgIpc) is 3.15. The van der Waals surface area contributed by atoms with Gasteiger partial charge in [-0.25, -0.2) is 4.98 Å². The van der Waals surface area contributed by atoms with Crippen molar-refractivity contribution in [1.82, 2.24) is 9.55 Å². The van der Waals surface area contributed by atoms with Crippen molar-refractivity contribution in [2.45, 2.75) is 54.0 Å². The monoisotopic (exact) mass is 403 g/mol. The van der Waals surface area contributed by atoms with Crippen LogP contribution in [0, 0.1) is 6.92 Å². The summed E-state index contributed by atoms with van der Waals surface area (Å²) in [6, 6.07) is 8.72. The van der Waals surface area contributed by atoms with Gasteiger partial charge in [0.15, 0.2) is 0 Å². The van der Waals surface area contributed by atoms with Crippen LogP contribution in [-0.4, -0.2) is 49.4 Å². The number of methoxy groups -OCH3 is 1. The SMILES string of the molecule is CC.CCCn1c(N2CCOCC2)nc(-c2ccc(C)cc2)c1CC.COC=O. The minimum absolute atomic E-state index is 0.375. The topological polar surface area (TPSA) is 56.6 Å². The first-order valence-electron chi connectivity index (χ1n) is 10.6. The molecule has 0 spiro atoms. The second kappa shape index (κ2) is 13.8. The first-order chi connectivity index (χ1) is 14.2. The third-order valence-electron chi connectivity index (χ3n) is 4.55. The van der Waals surface area contributed by atoms with E-state index in [2.05, 4.69) is 59.2 Å². The third-order valence-corrected chi connectivity index (χ3v) is 4.55. The molecule has 1 aliphatic heterocycles. The molecule has 6 nitrogen and oxygen atoms in total. The number of imidazole rings is 1. The summed E-state index contributed by atoms with van der Waals surface area (Å²) in [7, 11) is 1.31. The molecule has 1 aliphatic rings. The fraction of sp³-hybridized carbons (Fsp3) is 0.565. The lowest BCUT2D eigenvalue weighted by atomic mass is 10.1. The molecule has 1 saturated heterocycles. The lowest BCUT2D eigenvalue weighted by Gasteiger charge is -2.28. The number of morpholine rings is 1. The summed E-state index contributed by atoms with van der Waals surface area (Å²) < 4.78 is 11.8. The highest BCUT2D eigenvalue weighted by molar-refractivity contribution is 5.65. The van der Waals surface area contributed by atoms with Crippen LogP contribution in [0.15, 0.2) is 24.3 Å². The van der Waals surface area contributed by atoms with E-state index in [9.17, 15) is 0 Å². The molecule has 0 amide bonds. The number of hydrogen-bond acceptors (Lipinski definition) is 5. The van der Waals surface area contributed by atoms with Gasteiger partial charge in [-0.2, -0.15) is 0 Å². The van der Waals surface area contributed by atoms with Gasteiger partial charge >= 0.3 is 0 Å². The Bertz CT molecular complexity index is 705. The van der Waals surface area contributed by atoms with E-state index >= 15 is 0 Å². The number of ether oxygens (including phenoxy) is 2. The Morgan fingerprint density at radius 3 is 2.21 bits per heavy atom. The molecular formula is C23H37N3O3. The molecular weight excluding hydrogens is 366 g/mol. The Hall–Kier alpha value is -2.34. The molecule has 0 saturated carbocycles. The maximum atomic E-state index is 8.95. The van der Waals surface area contributed by atoms with Gasteiger partial charge in [0, 0.05) is 30.9 Å². The number of benzene rings is 1. The summed E-state index contributed by atoms with van der Waals surface area (Å²) in [5.41, 5.74) is 4.99. The zero-order valence-corrected chi connectivity index (χ0v) is 18.9. The fourth-order valence-electron chi connectivity index (χ4n) is 3.24. The van der Waals surface area contributed by atoms with Gasteiger partial charge in [-0.1, -0.05) is 57.5 Å². The zero-order chi connectivity index (χ0) is 21.6. The number of hydrogen-bond donors (Lipinski definition) is 0. The molecule has 0 N–H and O–H groups in total. The zero-order valence-electron chi connectivity index (χ0n) is 18.9. The van der Waals surface area contributed by atoms with E-state index in [0.717, 1.165) is 57.3 Å². The lowest BCUT2D eigenvalue weighted by Crippen LogP contribution is -2.38. The van der Waals surface area contributed by atoms with E-state index in [1.807, 2.05) is 13.8 Å². The molecule has 2 heterocycles. The number of carbonyl (C=O) groups excluding carboxylic acids is 1. The van der Waals surface area contributed by atoms with Crippen molar-refractivity contribution in [3.63, 3.8) is 0 Å². The van der Waals surface area contributed by atoms with Crippen LogP contribution in [0.3, 0.4) is 0 Å². The Morgan fingerprint density at radius 2 is 1.72 bits per heavy atom. The smallest absolute Gasteiger partial charge is 0.292 e. The van der Waals surface area contributed by atoms with Crippen molar-refractivity contribution >= 4 is 12.4 Å². The van der Waals surface area contributed by atoms with Crippen molar-refractivity contribution in [2.24, 2.45) is 0 Å².